The summed E-state index contributed by atoms with van der Waals surface area (Å²) in [4.78, 5) is 10.5. The predicted octanol–water partition coefficient (Wildman–Crippen LogP) is 3.32. The van der Waals surface area contributed by atoms with Gasteiger partial charge in [-0.15, -0.1) is 10.2 Å². The quantitative estimate of drug-likeness (QED) is 0.726. The standard InChI is InChI=1S/C14H17N3O2S2/c1-10(11-5-3-2-4-6-11)7-8-15-13-16-17-14(21-13)20-9-12(18)19/h2-6,10H,7-9H2,1H3,(H,15,16)(H,18,19). The molecule has 7 heteroatoms. The van der Waals surface area contributed by atoms with Gasteiger partial charge in [-0.2, -0.15) is 0 Å². The zero-order chi connectivity index (χ0) is 15.1. The molecule has 0 aliphatic rings. The van der Waals surface area contributed by atoms with Crippen molar-refractivity contribution < 1.29 is 9.90 Å². The summed E-state index contributed by atoms with van der Waals surface area (Å²) in [5.74, 6) is -0.353. The van der Waals surface area contributed by atoms with E-state index in [4.69, 9.17) is 5.11 Å². The summed E-state index contributed by atoms with van der Waals surface area (Å²) >= 11 is 2.58. The third-order valence-corrected chi connectivity index (χ3v) is 4.95. The van der Waals surface area contributed by atoms with Crippen LogP contribution in [-0.2, 0) is 4.79 Å². The molecule has 0 bridgehead atoms. The SMILES string of the molecule is CC(CCNc1nnc(SCC(=O)O)s1)c1ccccc1. The number of nitrogens with one attached hydrogen (secondary N) is 1. The molecule has 2 rings (SSSR count). The van der Waals surface area contributed by atoms with E-state index in [1.165, 1.54) is 28.7 Å². The van der Waals surface area contributed by atoms with Gasteiger partial charge in [-0.1, -0.05) is 60.4 Å². The van der Waals surface area contributed by atoms with Crippen LogP contribution in [0.2, 0.25) is 0 Å². The number of anilines is 1. The van der Waals surface area contributed by atoms with Crippen molar-refractivity contribution in [3.63, 3.8) is 0 Å². The van der Waals surface area contributed by atoms with E-state index < -0.39 is 5.97 Å². The van der Waals surface area contributed by atoms with Crippen LogP contribution >= 0.6 is 23.1 Å². The molecule has 2 aromatic rings. The first-order chi connectivity index (χ1) is 10.1. The van der Waals surface area contributed by atoms with Gasteiger partial charge in [0.15, 0.2) is 4.34 Å². The summed E-state index contributed by atoms with van der Waals surface area (Å²) in [6, 6.07) is 10.4. The van der Waals surface area contributed by atoms with Crippen molar-refractivity contribution in [3.8, 4) is 0 Å². The molecule has 0 radical (unpaired) electrons. The highest BCUT2D eigenvalue weighted by Gasteiger charge is 2.08. The molecule has 0 aliphatic heterocycles. The van der Waals surface area contributed by atoms with Crippen molar-refractivity contribution in [1.29, 1.82) is 0 Å². The van der Waals surface area contributed by atoms with Gasteiger partial charge >= 0.3 is 5.97 Å². The summed E-state index contributed by atoms with van der Waals surface area (Å²) in [5.41, 5.74) is 1.33. The Bertz CT molecular complexity index is 575. The lowest BCUT2D eigenvalue weighted by atomic mass is 9.98. The van der Waals surface area contributed by atoms with E-state index in [1.54, 1.807) is 0 Å². The number of aromatic nitrogens is 2. The van der Waals surface area contributed by atoms with E-state index in [9.17, 15) is 4.79 Å². The molecular formula is C14H17N3O2S2. The molecule has 0 saturated carbocycles. The minimum absolute atomic E-state index is 0.0136. The van der Waals surface area contributed by atoms with Gasteiger partial charge in [-0.25, -0.2) is 0 Å². The topological polar surface area (TPSA) is 75.1 Å². The van der Waals surface area contributed by atoms with Gasteiger partial charge in [0.25, 0.3) is 0 Å². The fraction of sp³-hybridized carbons (Fsp3) is 0.357. The first-order valence-electron chi connectivity index (χ1n) is 6.62. The van der Waals surface area contributed by atoms with E-state index >= 15 is 0 Å². The van der Waals surface area contributed by atoms with Crippen LogP contribution in [-0.4, -0.2) is 33.6 Å². The lowest BCUT2D eigenvalue weighted by Gasteiger charge is -2.11. The highest BCUT2D eigenvalue weighted by atomic mass is 32.2. The Morgan fingerprint density at radius 1 is 1.38 bits per heavy atom. The second-order valence-electron chi connectivity index (χ2n) is 4.58. The molecule has 0 saturated heterocycles. The highest BCUT2D eigenvalue weighted by molar-refractivity contribution is 8.01. The molecule has 1 aromatic carbocycles. The second-order valence-corrected chi connectivity index (χ2v) is 6.78. The number of carboxylic acid groups (broad SMARTS) is 1. The number of rotatable bonds is 8. The summed E-state index contributed by atoms with van der Waals surface area (Å²) in [5, 5.41) is 20.5. The average Bonchev–Trinajstić information content (AvgIpc) is 2.94. The molecule has 1 atom stereocenters. The Morgan fingerprint density at radius 3 is 2.86 bits per heavy atom. The minimum Gasteiger partial charge on any atom is -0.481 e. The van der Waals surface area contributed by atoms with E-state index in [0.717, 1.165) is 18.1 Å². The van der Waals surface area contributed by atoms with Crippen LogP contribution in [0.1, 0.15) is 24.8 Å². The zero-order valence-corrected chi connectivity index (χ0v) is 13.3. The third-order valence-electron chi connectivity index (χ3n) is 2.95. The zero-order valence-electron chi connectivity index (χ0n) is 11.7. The first kappa shape index (κ1) is 15.8. The summed E-state index contributed by atoms with van der Waals surface area (Å²) in [6.07, 6.45) is 1.00. The molecule has 1 heterocycles. The lowest BCUT2D eigenvalue weighted by Crippen LogP contribution is -2.05. The molecule has 0 aliphatic carbocycles. The van der Waals surface area contributed by atoms with Crippen molar-refractivity contribution in [3.05, 3.63) is 35.9 Å². The molecular weight excluding hydrogens is 306 g/mol. The van der Waals surface area contributed by atoms with Crippen molar-refractivity contribution in [1.82, 2.24) is 10.2 Å². The minimum atomic E-state index is -0.846. The Hall–Kier alpha value is -1.60. The van der Waals surface area contributed by atoms with Gasteiger partial charge < -0.3 is 10.4 Å². The second kappa shape index (κ2) is 7.99. The molecule has 0 spiro atoms. The highest BCUT2D eigenvalue weighted by Crippen LogP contribution is 2.25. The Morgan fingerprint density at radius 2 is 2.14 bits per heavy atom. The normalized spacial score (nSPS) is 12.0. The number of aliphatic carboxylic acids is 1. The molecule has 5 nitrogen and oxygen atoms in total. The van der Waals surface area contributed by atoms with E-state index in [0.29, 0.717) is 10.3 Å². The first-order valence-corrected chi connectivity index (χ1v) is 8.42. The fourth-order valence-electron chi connectivity index (χ4n) is 1.81. The fourth-order valence-corrected chi connectivity index (χ4v) is 3.30. The van der Waals surface area contributed by atoms with Crippen molar-refractivity contribution in [2.24, 2.45) is 0 Å². The maximum absolute atomic E-state index is 10.5. The van der Waals surface area contributed by atoms with Gasteiger partial charge in [0, 0.05) is 6.54 Å². The van der Waals surface area contributed by atoms with Crippen LogP contribution in [0, 0.1) is 0 Å². The van der Waals surface area contributed by atoms with E-state index in [2.05, 4.69) is 46.7 Å². The third kappa shape index (κ3) is 5.35. The van der Waals surface area contributed by atoms with Gasteiger partial charge in [-0.3, -0.25) is 4.79 Å². The number of hydrogen-bond acceptors (Lipinski definition) is 6. The van der Waals surface area contributed by atoms with Crippen LogP contribution in [0.4, 0.5) is 5.13 Å². The van der Waals surface area contributed by atoms with E-state index in [1.807, 2.05) is 6.07 Å². The molecule has 1 unspecified atom stereocenters. The maximum atomic E-state index is 10.5. The smallest absolute Gasteiger partial charge is 0.313 e. The Labute approximate surface area is 131 Å². The molecule has 2 N–H and O–H groups in total. The van der Waals surface area contributed by atoms with Crippen LogP contribution in [0.5, 0.6) is 0 Å². The predicted molar refractivity (Wildman–Crippen MR) is 86.2 cm³/mol. The van der Waals surface area contributed by atoms with Crippen molar-refractivity contribution in [2.75, 3.05) is 17.6 Å². The molecule has 112 valence electrons. The van der Waals surface area contributed by atoms with Crippen molar-refractivity contribution in [2.45, 2.75) is 23.6 Å². The Kier molecular flexibility index (Phi) is 6.01. The maximum Gasteiger partial charge on any atom is 0.313 e. The number of carbonyl (C=O) groups is 1. The molecule has 21 heavy (non-hydrogen) atoms. The monoisotopic (exact) mass is 323 g/mol. The molecule has 0 fully saturated rings. The summed E-state index contributed by atoms with van der Waals surface area (Å²) in [7, 11) is 0. The van der Waals surface area contributed by atoms with Crippen molar-refractivity contribution >= 4 is 34.2 Å². The van der Waals surface area contributed by atoms with Gasteiger partial charge in [0.2, 0.25) is 5.13 Å². The average molecular weight is 323 g/mol. The summed E-state index contributed by atoms with van der Waals surface area (Å²) < 4.78 is 0.677. The van der Waals surface area contributed by atoms with Crippen LogP contribution in [0.15, 0.2) is 34.7 Å². The summed E-state index contributed by atoms with van der Waals surface area (Å²) in [6.45, 7) is 3.01. The van der Waals surface area contributed by atoms with Crippen LogP contribution in [0.3, 0.4) is 0 Å². The lowest BCUT2D eigenvalue weighted by molar-refractivity contribution is -0.133. The number of hydrogen-bond donors (Lipinski definition) is 2. The molecule has 0 amide bonds. The van der Waals surface area contributed by atoms with Gasteiger partial charge in [0.1, 0.15) is 0 Å². The largest absolute Gasteiger partial charge is 0.481 e. The van der Waals surface area contributed by atoms with Gasteiger partial charge in [-0.05, 0) is 17.9 Å². The number of thioether (sulfide) groups is 1. The van der Waals surface area contributed by atoms with Gasteiger partial charge in [0.05, 0.1) is 5.75 Å². The van der Waals surface area contributed by atoms with Crippen LogP contribution < -0.4 is 5.32 Å². The number of nitrogens with zero attached hydrogens (tertiary/aromatic N) is 2. The Balaban J connectivity index is 1.75. The van der Waals surface area contributed by atoms with E-state index in [-0.39, 0.29) is 5.75 Å². The molecule has 1 aromatic heterocycles. The number of carboxylic acids is 1. The number of benzene rings is 1. The van der Waals surface area contributed by atoms with Crippen LogP contribution in [0.25, 0.3) is 0 Å².